The summed E-state index contributed by atoms with van der Waals surface area (Å²) in [5.41, 5.74) is 0. The topological polar surface area (TPSA) is 134 Å². The van der Waals surface area contributed by atoms with E-state index in [1.165, 1.54) is 128 Å². The minimum Gasteiger partial charge on any atom is -0.394 e. The molecule has 0 aliphatic heterocycles. The average molecular weight is 663 g/mol. The van der Waals surface area contributed by atoms with Crippen molar-refractivity contribution < 1.29 is 30.3 Å². The Hall–Kier alpha value is -0.550. The Morgan fingerprint density at radius 1 is 0.578 bits per heavy atom. The molecule has 0 spiro atoms. The normalized spacial score (nSPS) is 15.0. The first-order chi connectivity index (χ1) is 21.8. The number of hydrogen-bond donors (Lipinski definition) is 7. The summed E-state index contributed by atoms with van der Waals surface area (Å²) in [5, 5.41) is 55.4. The van der Waals surface area contributed by atoms with Crippen molar-refractivity contribution >= 4 is 17.3 Å². The Kier molecular flexibility index (Phi) is 32.9. The van der Waals surface area contributed by atoms with Crippen LogP contribution < -0.4 is 10.6 Å². The molecule has 8 nitrogen and oxygen atoms in total. The maximum atomic E-state index is 10.6. The van der Waals surface area contributed by atoms with E-state index in [0.29, 0.717) is 11.5 Å². The summed E-state index contributed by atoms with van der Waals surface area (Å²) in [6, 6.07) is -0.589. The molecule has 0 saturated heterocycles. The van der Waals surface area contributed by atoms with Gasteiger partial charge < -0.3 is 40.9 Å². The quantitative estimate of drug-likeness (QED) is 0.0298. The lowest BCUT2D eigenvalue weighted by atomic mass is 10.0. The van der Waals surface area contributed by atoms with Gasteiger partial charge in [0.1, 0.15) is 12.2 Å². The number of hydrogen-bond acceptors (Lipinski definition) is 7. The molecular formula is C36H74N2O6S. The van der Waals surface area contributed by atoms with Crippen molar-refractivity contribution in [3.05, 3.63) is 0 Å². The van der Waals surface area contributed by atoms with E-state index < -0.39 is 37.1 Å². The van der Waals surface area contributed by atoms with E-state index >= 15 is 0 Å². The third-order valence-electron chi connectivity index (χ3n) is 8.80. The highest BCUT2D eigenvalue weighted by Gasteiger charge is 2.24. The average Bonchev–Trinajstić information content (AvgIpc) is 3.03. The fourth-order valence-corrected chi connectivity index (χ4v) is 5.82. The predicted octanol–water partition coefficient (Wildman–Crippen LogP) is 6.67. The number of aliphatic hydroxyl groups is 5. The van der Waals surface area contributed by atoms with Crippen molar-refractivity contribution in [2.45, 2.75) is 198 Å². The molecule has 0 aromatic rings. The summed E-state index contributed by atoms with van der Waals surface area (Å²) >= 11 is 5.41. The van der Waals surface area contributed by atoms with E-state index in [2.05, 4.69) is 17.6 Å². The standard InChI is InChI=1S/C36H74N2O6S/c1-3-5-6-7-8-9-10-11-12-13-14-15-16-17-18-19-20-21-22-23-24-25-26-37-36(45)38-32(33(41)27-31(40)4-2)29-44-30-35(43)34(42)28-39/h31-35,39-43H,3-30H2,1-2H3,(H2,37,38,45). The van der Waals surface area contributed by atoms with E-state index in [1.54, 1.807) is 0 Å². The van der Waals surface area contributed by atoms with Crippen LogP contribution in [0.1, 0.15) is 168 Å². The summed E-state index contributed by atoms with van der Waals surface area (Å²) in [7, 11) is 0. The monoisotopic (exact) mass is 663 g/mol. The molecule has 0 rings (SSSR count). The van der Waals surface area contributed by atoms with Gasteiger partial charge in [-0.05, 0) is 25.1 Å². The zero-order chi connectivity index (χ0) is 33.4. The first-order valence-corrected chi connectivity index (χ1v) is 19.2. The van der Waals surface area contributed by atoms with Gasteiger partial charge >= 0.3 is 0 Å². The van der Waals surface area contributed by atoms with Gasteiger partial charge in [0.15, 0.2) is 5.11 Å². The largest absolute Gasteiger partial charge is 0.394 e. The SMILES string of the molecule is CCCCCCCCCCCCCCCCCCCCCCCCNC(=S)NC(COCC(O)C(O)CO)C(O)CC(O)CC. The van der Waals surface area contributed by atoms with Gasteiger partial charge in [0.25, 0.3) is 0 Å². The molecule has 0 fully saturated rings. The summed E-state index contributed by atoms with van der Waals surface area (Å²) in [6.07, 6.45) is 26.6. The number of ether oxygens (including phenoxy) is 1. The molecule has 45 heavy (non-hydrogen) atoms. The van der Waals surface area contributed by atoms with Gasteiger partial charge in [0.2, 0.25) is 0 Å². The molecule has 0 aromatic carbocycles. The van der Waals surface area contributed by atoms with Crippen LogP contribution in [0.4, 0.5) is 0 Å². The lowest BCUT2D eigenvalue weighted by molar-refractivity contribution is -0.0649. The zero-order valence-corrected chi connectivity index (χ0v) is 30.1. The fraction of sp³-hybridized carbons (Fsp3) is 0.972. The van der Waals surface area contributed by atoms with Crippen LogP contribution in [0.25, 0.3) is 0 Å². The van der Waals surface area contributed by atoms with Gasteiger partial charge in [-0.15, -0.1) is 0 Å². The molecule has 0 radical (unpaired) electrons. The molecule has 9 heteroatoms. The minimum absolute atomic E-state index is 0.0219. The molecule has 0 amide bonds. The second-order valence-corrected chi connectivity index (χ2v) is 13.6. The highest BCUT2D eigenvalue weighted by atomic mass is 32.1. The lowest BCUT2D eigenvalue weighted by Crippen LogP contribution is -2.51. The molecule has 0 heterocycles. The second kappa shape index (κ2) is 33.4. The molecule has 0 aliphatic rings. The Morgan fingerprint density at radius 2 is 1.00 bits per heavy atom. The van der Waals surface area contributed by atoms with E-state index in [9.17, 15) is 20.4 Å². The van der Waals surface area contributed by atoms with Crippen molar-refractivity contribution in [2.24, 2.45) is 0 Å². The van der Waals surface area contributed by atoms with Crippen LogP contribution in [-0.4, -0.2) is 87.5 Å². The number of aliphatic hydroxyl groups excluding tert-OH is 5. The van der Waals surface area contributed by atoms with Gasteiger partial charge in [0, 0.05) is 13.0 Å². The van der Waals surface area contributed by atoms with Gasteiger partial charge in [-0.1, -0.05) is 149 Å². The first kappa shape index (κ1) is 44.5. The highest BCUT2D eigenvalue weighted by Crippen LogP contribution is 2.15. The molecule has 0 aliphatic carbocycles. The summed E-state index contributed by atoms with van der Waals surface area (Å²) in [5.74, 6) is 0. The molecule has 5 unspecified atom stereocenters. The smallest absolute Gasteiger partial charge is 0.166 e. The highest BCUT2D eigenvalue weighted by molar-refractivity contribution is 7.80. The van der Waals surface area contributed by atoms with Gasteiger partial charge in [-0.2, -0.15) is 0 Å². The first-order valence-electron chi connectivity index (χ1n) is 18.8. The maximum Gasteiger partial charge on any atom is 0.166 e. The Bertz CT molecular complexity index is 632. The van der Waals surface area contributed by atoms with E-state index in [-0.39, 0.29) is 19.6 Å². The molecule has 270 valence electrons. The summed E-state index contributed by atoms with van der Waals surface area (Å²) in [6.45, 7) is 4.14. The molecular weight excluding hydrogens is 588 g/mol. The fourth-order valence-electron chi connectivity index (χ4n) is 5.56. The van der Waals surface area contributed by atoms with Crippen LogP contribution in [0.3, 0.4) is 0 Å². The molecule has 5 atom stereocenters. The maximum absolute atomic E-state index is 10.6. The van der Waals surface area contributed by atoms with Crippen LogP contribution in [0.2, 0.25) is 0 Å². The van der Waals surface area contributed by atoms with Crippen molar-refractivity contribution in [3.8, 4) is 0 Å². The Morgan fingerprint density at radius 3 is 1.40 bits per heavy atom. The number of thiocarbonyl (C=S) groups is 1. The molecule has 0 saturated carbocycles. The van der Waals surface area contributed by atoms with Crippen LogP contribution in [0.5, 0.6) is 0 Å². The van der Waals surface area contributed by atoms with E-state index in [0.717, 1.165) is 19.4 Å². The van der Waals surface area contributed by atoms with Crippen LogP contribution >= 0.6 is 12.2 Å². The van der Waals surface area contributed by atoms with E-state index in [4.69, 9.17) is 22.1 Å². The van der Waals surface area contributed by atoms with Gasteiger partial charge in [0.05, 0.1) is 38.1 Å². The third kappa shape index (κ3) is 29.3. The van der Waals surface area contributed by atoms with Crippen LogP contribution in [-0.2, 0) is 4.74 Å². The molecule has 0 aromatic heterocycles. The summed E-state index contributed by atoms with van der Waals surface area (Å²) in [4.78, 5) is 0. The predicted molar refractivity (Wildman–Crippen MR) is 192 cm³/mol. The van der Waals surface area contributed by atoms with Crippen molar-refractivity contribution in [1.82, 2.24) is 10.6 Å². The second-order valence-electron chi connectivity index (χ2n) is 13.2. The minimum atomic E-state index is -1.29. The van der Waals surface area contributed by atoms with Crippen LogP contribution in [0, 0.1) is 0 Å². The van der Waals surface area contributed by atoms with Crippen LogP contribution in [0.15, 0.2) is 0 Å². The van der Waals surface area contributed by atoms with Gasteiger partial charge in [-0.25, -0.2) is 0 Å². The van der Waals surface area contributed by atoms with E-state index in [1.807, 2.05) is 6.92 Å². The summed E-state index contributed by atoms with van der Waals surface area (Å²) < 4.78 is 5.46. The van der Waals surface area contributed by atoms with Crippen molar-refractivity contribution in [1.29, 1.82) is 0 Å². The molecule has 0 bridgehead atoms. The van der Waals surface area contributed by atoms with Crippen molar-refractivity contribution in [3.63, 3.8) is 0 Å². The van der Waals surface area contributed by atoms with Crippen molar-refractivity contribution in [2.75, 3.05) is 26.4 Å². The Balaban J connectivity index is 3.72. The number of nitrogens with one attached hydrogen (secondary N) is 2. The third-order valence-corrected chi connectivity index (χ3v) is 9.06. The number of rotatable bonds is 34. The Labute approximate surface area is 282 Å². The zero-order valence-electron chi connectivity index (χ0n) is 29.2. The van der Waals surface area contributed by atoms with Gasteiger partial charge in [-0.3, -0.25) is 0 Å². The number of unbranched alkanes of at least 4 members (excludes halogenated alkanes) is 21. The lowest BCUT2D eigenvalue weighted by Gasteiger charge is -2.27. The molecule has 7 N–H and O–H groups in total.